The Morgan fingerprint density at radius 1 is 1.30 bits per heavy atom. The number of anilines is 1. The van der Waals surface area contributed by atoms with Crippen molar-refractivity contribution in [2.45, 2.75) is 71.5 Å². The molecule has 1 aliphatic carbocycles. The molecule has 0 amide bonds. The van der Waals surface area contributed by atoms with Crippen molar-refractivity contribution in [2.75, 3.05) is 11.4 Å². The molecule has 0 saturated heterocycles. The third kappa shape index (κ3) is 4.78. The Balaban J connectivity index is 1.96. The Hall–Kier alpha value is -1.09. The van der Waals surface area contributed by atoms with Crippen LogP contribution in [0.5, 0.6) is 0 Å². The minimum atomic E-state index is 0.506. The second-order valence-corrected chi connectivity index (χ2v) is 6.14. The first kappa shape index (κ1) is 15.3. The van der Waals surface area contributed by atoms with Crippen molar-refractivity contribution >= 4 is 5.82 Å². The summed E-state index contributed by atoms with van der Waals surface area (Å²) in [7, 11) is 0. The Morgan fingerprint density at radius 2 is 2.10 bits per heavy atom. The van der Waals surface area contributed by atoms with Gasteiger partial charge in [-0.3, -0.25) is 0 Å². The van der Waals surface area contributed by atoms with Crippen LogP contribution in [0, 0.1) is 0 Å². The molecule has 0 aliphatic heterocycles. The number of hydrogen-bond acceptors (Lipinski definition) is 3. The van der Waals surface area contributed by atoms with Crippen LogP contribution in [0.3, 0.4) is 0 Å². The fourth-order valence-corrected chi connectivity index (χ4v) is 2.43. The van der Waals surface area contributed by atoms with E-state index in [1.807, 2.05) is 0 Å². The topological polar surface area (TPSA) is 28.2 Å². The minimum Gasteiger partial charge on any atom is -0.354 e. The van der Waals surface area contributed by atoms with Crippen LogP contribution in [0.1, 0.15) is 58.6 Å². The van der Waals surface area contributed by atoms with Gasteiger partial charge in [0.2, 0.25) is 0 Å². The summed E-state index contributed by atoms with van der Waals surface area (Å²) < 4.78 is 0. The van der Waals surface area contributed by atoms with Gasteiger partial charge in [-0.15, -0.1) is 0 Å². The van der Waals surface area contributed by atoms with Crippen molar-refractivity contribution in [3.8, 4) is 0 Å². The molecular weight excluding hydrogens is 246 g/mol. The highest BCUT2D eigenvalue weighted by Crippen LogP contribution is 2.20. The third-order valence-electron chi connectivity index (χ3n) is 3.86. The fraction of sp³-hybridized carbons (Fsp3) is 0.706. The molecule has 1 aromatic heterocycles. The zero-order valence-electron chi connectivity index (χ0n) is 13.2. The summed E-state index contributed by atoms with van der Waals surface area (Å²) in [6.07, 6.45) is 6.47. The third-order valence-corrected chi connectivity index (χ3v) is 3.86. The zero-order valence-corrected chi connectivity index (χ0v) is 13.2. The molecule has 3 nitrogen and oxygen atoms in total. The van der Waals surface area contributed by atoms with Crippen LogP contribution < -0.4 is 10.2 Å². The SMILES string of the molecule is CCCCCN(c1cccc(CNC2CC2)n1)C(C)C. The smallest absolute Gasteiger partial charge is 0.129 e. The van der Waals surface area contributed by atoms with Crippen molar-refractivity contribution in [2.24, 2.45) is 0 Å². The van der Waals surface area contributed by atoms with Crippen molar-refractivity contribution in [3.63, 3.8) is 0 Å². The molecule has 3 heteroatoms. The van der Waals surface area contributed by atoms with Gasteiger partial charge in [0, 0.05) is 25.2 Å². The first-order valence-electron chi connectivity index (χ1n) is 8.16. The lowest BCUT2D eigenvalue weighted by Crippen LogP contribution is -2.32. The minimum absolute atomic E-state index is 0.506. The average Bonchev–Trinajstić information content (AvgIpc) is 3.25. The highest BCUT2D eigenvalue weighted by atomic mass is 15.2. The number of aromatic nitrogens is 1. The molecule has 1 saturated carbocycles. The Kier molecular flexibility index (Phi) is 5.84. The summed E-state index contributed by atoms with van der Waals surface area (Å²) in [5.41, 5.74) is 1.16. The molecule has 0 bridgehead atoms. The molecular formula is C17H29N3. The van der Waals surface area contributed by atoms with Crippen LogP contribution in [0.2, 0.25) is 0 Å². The molecule has 1 aromatic rings. The quantitative estimate of drug-likeness (QED) is 0.696. The van der Waals surface area contributed by atoms with Crippen molar-refractivity contribution in [1.29, 1.82) is 0 Å². The van der Waals surface area contributed by atoms with Gasteiger partial charge in [0.25, 0.3) is 0 Å². The molecule has 2 rings (SSSR count). The van der Waals surface area contributed by atoms with Crippen LogP contribution in [0.15, 0.2) is 18.2 Å². The Bertz CT molecular complexity index is 399. The molecule has 0 unspecified atom stereocenters. The first-order chi connectivity index (χ1) is 9.70. The van der Waals surface area contributed by atoms with Gasteiger partial charge in [0.05, 0.1) is 5.69 Å². The molecule has 0 spiro atoms. The van der Waals surface area contributed by atoms with E-state index in [1.54, 1.807) is 0 Å². The van der Waals surface area contributed by atoms with Crippen LogP contribution in [0.25, 0.3) is 0 Å². The molecule has 1 N–H and O–H groups in total. The lowest BCUT2D eigenvalue weighted by Gasteiger charge is -2.28. The number of nitrogens with one attached hydrogen (secondary N) is 1. The normalized spacial score (nSPS) is 14.8. The maximum Gasteiger partial charge on any atom is 0.129 e. The number of rotatable bonds is 9. The van der Waals surface area contributed by atoms with E-state index in [-0.39, 0.29) is 0 Å². The molecule has 0 aromatic carbocycles. The lowest BCUT2D eigenvalue weighted by molar-refractivity contribution is 0.615. The molecule has 112 valence electrons. The lowest BCUT2D eigenvalue weighted by atomic mass is 10.2. The van der Waals surface area contributed by atoms with E-state index < -0.39 is 0 Å². The first-order valence-corrected chi connectivity index (χ1v) is 8.16. The maximum absolute atomic E-state index is 4.84. The average molecular weight is 275 g/mol. The van der Waals surface area contributed by atoms with E-state index in [4.69, 9.17) is 4.98 Å². The summed E-state index contributed by atoms with van der Waals surface area (Å²) in [6.45, 7) is 8.77. The van der Waals surface area contributed by atoms with E-state index in [2.05, 4.69) is 49.2 Å². The fourth-order valence-electron chi connectivity index (χ4n) is 2.43. The second kappa shape index (κ2) is 7.63. The van der Waals surface area contributed by atoms with Gasteiger partial charge < -0.3 is 10.2 Å². The van der Waals surface area contributed by atoms with E-state index >= 15 is 0 Å². The van der Waals surface area contributed by atoms with Crippen LogP contribution in [-0.2, 0) is 6.54 Å². The van der Waals surface area contributed by atoms with Gasteiger partial charge in [-0.1, -0.05) is 25.8 Å². The predicted molar refractivity (Wildman–Crippen MR) is 86.1 cm³/mol. The number of pyridine rings is 1. The second-order valence-electron chi connectivity index (χ2n) is 6.14. The zero-order chi connectivity index (χ0) is 14.4. The van der Waals surface area contributed by atoms with Crippen LogP contribution >= 0.6 is 0 Å². The van der Waals surface area contributed by atoms with E-state index in [0.717, 1.165) is 30.6 Å². The van der Waals surface area contributed by atoms with E-state index in [0.29, 0.717) is 6.04 Å². The summed E-state index contributed by atoms with van der Waals surface area (Å²) >= 11 is 0. The van der Waals surface area contributed by atoms with Gasteiger partial charge in [-0.25, -0.2) is 4.98 Å². The van der Waals surface area contributed by atoms with Crippen molar-refractivity contribution in [1.82, 2.24) is 10.3 Å². The number of hydrogen-bond donors (Lipinski definition) is 1. The van der Waals surface area contributed by atoms with Gasteiger partial charge in [0.15, 0.2) is 0 Å². The molecule has 0 atom stereocenters. The monoisotopic (exact) mass is 275 g/mol. The van der Waals surface area contributed by atoms with Gasteiger partial charge in [0.1, 0.15) is 5.82 Å². The van der Waals surface area contributed by atoms with Crippen LogP contribution in [-0.4, -0.2) is 23.6 Å². The van der Waals surface area contributed by atoms with Crippen LogP contribution in [0.4, 0.5) is 5.82 Å². The van der Waals surface area contributed by atoms with E-state index in [9.17, 15) is 0 Å². The molecule has 0 radical (unpaired) electrons. The summed E-state index contributed by atoms with van der Waals surface area (Å²) in [6, 6.07) is 7.66. The van der Waals surface area contributed by atoms with Crippen molar-refractivity contribution < 1.29 is 0 Å². The number of unbranched alkanes of at least 4 members (excludes halogenated alkanes) is 2. The summed E-state index contributed by atoms with van der Waals surface area (Å²) in [5.74, 6) is 1.13. The standard InChI is InChI=1S/C17H29N3/c1-4-5-6-12-20(14(2)3)17-9-7-8-16(19-17)13-18-15-10-11-15/h7-9,14-15,18H,4-6,10-13H2,1-3H3. The summed E-state index contributed by atoms with van der Waals surface area (Å²) in [4.78, 5) is 7.26. The Morgan fingerprint density at radius 3 is 2.75 bits per heavy atom. The Labute approximate surface area is 123 Å². The van der Waals surface area contributed by atoms with Gasteiger partial charge in [-0.05, 0) is 45.2 Å². The predicted octanol–water partition coefficient (Wildman–Crippen LogP) is 3.74. The molecule has 1 heterocycles. The number of nitrogens with zero attached hydrogens (tertiary/aromatic N) is 2. The largest absolute Gasteiger partial charge is 0.354 e. The van der Waals surface area contributed by atoms with Crippen molar-refractivity contribution in [3.05, 3.63) is 23.9 Å². The molecule has 1 fully saturated rings. The molecule has 20 heavy (non-hydrogen) atoms. The maximum atomic E-state index is 4.84. The molecule has 1 aliphatic rings. The van der Waals surface area contributed by atoms with E-state index in [1.165, 1.54) is 32.1 Å². The highest BCUT2D eigenvalue weighted by molar-refractivity contribution is 5.40. The summed E-state index contributed by atoms with van der Waals surface area (Å²) in [5, 5.41) is 3.54. The van der Waals surface area contributed by atoms with Gasteiger partial charge >= 0.3 is 0 Å². The van der Waals surface area contributed by atoms with Gasteiger partial charge in [-0.2, -0.15) is 0 Å². The highest BCUT2D eigenvalue weighted by Gasteiger charge is 2.20.